The summed E-state index contributed by atoms with van der Waals surface area (Å²) in [7, 11) is 0. The fraction of sp³-hybridized carbons (Fsp3) is 0.667. The van der Waals surface area contributed by atoms with Crippen LogP contribution in [0.3, 0.4) is 0 Å². The van der Waals surface area contributed by atoms with E-state index in [4.69, 9.17) is 4.74 Å². The number of hydrogen-bond acceptors (Lipinski definition) is 3. The molecule has 1 aromatic rings. The average Bonchev–Trinajstić information content (AvgIpc) is 2.51. The molecule has 120 valence electrons. The van der Waals surface area contributed by atoms with E-state index in [1.807, 2.05) is 13.0 Å². The molecule has 2 unspecified atom stereocenters. The van der Waals surface area contributed by atoms with Crippen molar-refractivity contribution in [1.29, 1.82) is 0 Å². The van der Waals surface area contributed by atoms with E-state index < -0.39 is 0 Å². The topological polar surface area (TPSA) is 24.5 Å². The Kier molecular flexibility index (Phi) is 8.40. The van der Waals surface area contributed by atoms with Crippen molar-refractivity contribution in [3.8, 4) is 5.75 Å². The highest BCUT2D eigenvalue weighted by molar-refractivity contribution is 5.36. The normalized spacial score (nSPS) is 14.2. The zero-order valence-electron chi connectivity index (χ0n) is 14.4. The molecule has 0 saturated heterocycles. The summed E-state index contributed by atoms with van der Waals surface area (Å²) in [5.41, 5.74) is 1.27. The van der Waals surface area contributed by atoms with Crippen molar-refractivity contribution in [3.05, 3.63) is 29.8 Å². The largest absolute Gasteiger partial charge is 0.494 e. The van der Waals surface area contributed by atoms with Crippen LogP contribution >= 0.6 is 0 Å². The molecule has 0 fully saturated rings. The molecule has 0 saturated carbocycles. The standard InChI is InChI=1S/C18H32N2O/c1-6-15(5)20(8-3)14-17(19-7-2)16-12-10-11-13-18(16)21-9-4/h10-13,15,17,19H,6-9,14H2,1-5H3. The highest BCUT2D eigenvalue weighted by atomic mass is 16.5. The second-order valence-electron chi connectivity index (χ2n) is 5.43. The molecule has 21 heavy (non-hydrogen) atoms. The van der Waals surface area contributed by atoms with Crippen LogP contribution in [0.25, 0.3) is 0 Å². The van der Waals surface area contributed by atoms with Crippen molar-refractivity contribution in [1.82, 2.24) is 10.2 Å². The summed E-state index contributed by atoms with van der Waals surface area (Å²) in [6.45, 7) is 14.8. The predicted molar refractivity (Wildman–Crippen MR) is 91.0 cm³/mol. The van der Waals surface area contributed by atoms with Gasteiger partial charge in [-0.2, -0.15) is 0 Å². The smallest absolute Gasteiger partial charge is 0.124 e. The first-order valence-corrected chi connectivity index (χ1v) is 8.36. The minimum Gasteiger partial charge on any atom is -0.494 e. The predicted octanol–water partition coefficient (Wildman–Crippen LogP) is 3.86. The minimum atomic E-state index is 0.312. The van der Waals surface area contributed by atoms with Gasteiger partial charge in [-0.15, -0.1) is 0 Å². The molecule has 0 aliphatic heterocycles. The van der Waals surface area contributed by atoms with Gasteiger partial charge < -0.3 is 10.1 Å². The number of hydrogen-bond donors (Lipinski definition) is 1. The molecule has 1 rings (SSSR count). The van der Waals surface area contributed by atoms with E-state index in [0.29, 0.717) is 18.7 Å². The Morgan fingerprint density at radius 2 is 1.86 bits per heavy atom. The van der Waals surface area contributed by atoms with Crippen LogP contribution < -0.4 is 10.1 Å². The van der Waals surface area contributed by atoms with Gasteiger partial charge in [0.2, 0.25) is 0 Å². The third-order valence-electron chi connectivity index (χ3n) is 4.08. The second-order valence-corrected chi connectivity index (χ2v) is 5.43. The van der Waals surface area contributed by atoms with Gasteiger partial charge in [-0.05, 0) is 39.4 Å². The summed E-state index contributed by atoms with van der Waals surface area (Å²) in [5.74, 6) is 1.01. The summed E-state index contributed by atoms with van der Waals surface area (Å²) in [4.78, 5) is 2.54. The first-order chi connectivity index (χ1) is 10.2. The van der Waals surface area contributed by atoms with E-state index >= 15 is 0 Å². The number of benzene rings is 1. The molecule has 0 aromatic heterocycles. The molecule has 1 N–H and O–H groups in total. The van der Waals surface area contributed by atoms with Gasteiger partial charge in [0.25, 0.3) is 0 Å². The summed E-state index contributed by atoms with van der Waals surface area (Å²) >= 11 is 0. The SMILES string of the molecule is CCNC(CN(CC)C(C)CC)c1ccccc1OCC. The number of nitrogens with zero attached hydrogens (tertiary/aromatic N) is 1. The zero-order valence-corrected chi connectivity index (χ0v) is 14.4. The number of para-hydroxylation sites is 1. The maximum atomic E-state index is 5.81. The van der Waals surface area contributed by atoms with Gasteiger partial charge in [-0.1, -0.05) is 39.0 Å². The molecular formula is C18H32N2O. The number of nitrogens with one attached hydrogen (secondary N) is 1. The minimum absolute atomic E-state index is 0.312. The summed E-state index contributed by atoms with van der Waals surface area (Å²) in [5, 5.41) is 3.62. The third-order valence-corrected chi connectivity index (χ3v) is 4.08. The Labute approximate surface area is 130 Å². The molecule has 0 spiro atoms. The van der Waals surface area contributed by atoms with Crippen molar-refractivity contribution in [2.45, 2.75) is 53.1 Å². The lowest BCUT2D eigenvalue weighted by molar-refractivity contribution is 0.190. The van der Waals surface area contributed by atoms with Crippen LogP contribution in [0.15, 0.2) is 24.3 Å². The lowest BCUT2D eigenvalue weighted by Gasteiger charge is -2.32. The van der Waals surface area contributed by atoms with Gasteiger partial charge in [-0.25, -0.2) is 0 Å². The van der Waals surface area contributed by atoms with E-state index in [0.717, 1.165) is 25.4 Å². The molecule has 0 radical (unpaired) electrons. The van der Waals surface area contributed by atoms with E-state index in [2.05, 4.69) is 56.1 Å². The Balaban J connectivity index is 2.95. The first-order valence-electron chi connectivity index (χ1n) is 8.36. The van der Waals surface area contributed by atoms with Crippen molar-refractivity contribution in [2.75, 3.05) is 26.2 Å². The van der Waals surface area contributed by atoms with E-state index in [1.165, 1.54) is 12.0 Å². The van der Waals surface area contributed by atoms with Crippen molar-refractivity contribution >= 4 is 0 Å². The Morgan fingerprint density at radius 3 is 2.43 bits per heavy atom. The van der Waals surface area contributed by atoms with Gasteiger partial charge in [0.05, 0.1) is 6.61 Å². The van der Waals surface area contributed by atoms with Crippen LogP contribution in [0.4, 0.5) is 0 Å². The van der Waals surface area contributed by atoms with E-state index in [1.54, 1.807) is 0 Å². The van der Waals surface area contributed by atoms with Crippen molar-refractivity contribution < 1.29 is 4.74 Å². The number of rotatable bonds is 10. The van der Waals surface area contributed by atoms with E-state index in [-0.39, 0.29) is 0 Å². The number of ether oxygens (including phenoxy) is 1. The average molecular weight is 292 g/mol. The summed E-state index contributed by atoms with van der Waals surface area (Å²) in [6, 6.07) is 9.32. The monoisotopic (exact) mass is 292 g/mol. The molecule has 3 heteroatoms. The fourth-order valence-corrected chi connectivity index (χ4v) is 2.69. The molecule has 3 nitrogen and oxygen atoms in total. The molecule has 1 aromatic carbocycles. The Bertz CT molecular complexity index is 395. The first kappa shape index (κ1) is 18.0. The molecular weight excluding hydrogens is 260 g/mol. The summed E-state index contributed by atoms with van der Waals surface area (Å²) < 4.78 is 5.81. The van der Waals surface area contributed by atoms with Gasteiger partial charge in [0.15, 0.2) is 0 Å². The van der Waals surface area contributed by atoms with Crippen molar-refractivity contribution in [2.24, 2.45) is 0 Å². The highest BCUT2D eigenvalue weighted by Crippen LogP contribution is 2.26. The number of likely N-dealkylation sites (N-methyl/N-ethyl adjacent to an activating group) is 2. The molecule has 0 aliphatic rings. The molecule has 0 bridgehead atoms. The lowest BCUT2D eigenvalue weighted by atomic mass is 10.0. The maximum absolute atomic E-state index is 5.81. The quantitative estimate of drug-likeness (QED) is 0.709. The van der Waals surface area contributed by atoms with Crippen molar-refractivity contribution in [3.63, 3.8) is 0 Å². The second kappa shape index (κ2) is 9.80. The molecule has 0 amide bonds. The summed E-state index contributed by atoms with van der Waals surface area (Å²) in [6.07, 6.45) is 1.18. The molecule has 0 heterocycles. The van der Waals surface area contributed by atoms with Crippen LogP contribution in [0.5, 0.6) is 5.75 Å². The van der Waals surface area contributed by atoms with Gasteiger partial charge in [0.1, 0.15) is 5.75 Å². The van der Waals surface area contributed by atoms with Gasteiger partial charge in [-0.3, -0.25) is 4.90 Å². The fourth-order valence-electron chi connectivity index (χ4n) is 2.69. The van der Waals surface area contributed by atoms with E-state index in [9.17, 15) is 0 Å². The van der Waals surface area contributed by atoms with Crippen LogP contribution in [-0.2, 0) is 0 Å². The molecule has 2 atom stereocenters. The van der Waals surface area contributed by atoms with Crippen LogP contribution in [0.1, 0.15) is 52.6 Å². The van der Waals surface area contributed by atoms with Gasteiger partial charge in [0, 0.05) is 24.2 Å². The highest BCUT2D eigenvalue weighted by Gasteiger charge is 2.20. The maximum Gasteiger partial charge on any atom is 0.124 e. The van der Waals surface area contributed by atoms with Crippen LogP contribution in [0.2, 0.25) is 0 Å². The molecule has 0 aliphatic carbocycles. The van der Waals surface area contributed by atoms with Gasteiger partial charge >= 0.3 is 0 Å². The van der Waals surface area contributed by atoms with Crippen LogP contribution in [0, 0.1) is 0 Å². The van der Waals surface area contributed by atoms with Crippen LogP contribution in [-0.4, -0.2) is 37.2 Å². The third kappa shape index (κ3) is 5.33. The Morgan fingerprint density at radius 1 is 1.14 bits per heavy atom. The Hall–Kier alpha value is -1.06. The lowest BCUT2D eigenvalue weighted by Crippen LogP contribution is -2.40. The zero-order chi connectivity index (χ0) is 15.7.